The minimum Gasteiger partial charge on any atom is -0.506 e. The molecule has 3 rings (SSSR count). The van der Waals surface area contributed by atoms with Gasteiger partial charge in [-0.1, -0.05) is 6.08 Å². The molecule has 0 bridgehead atoms. The van der Waals surface area contributed by atoms with Crippen molar-refractivity contribution in [1.29, 1.82) is 0 Å². The molecule has 0 saturated carbocycles. The number of ether oxygens (including phenoxy) is 1. The highest BCUT2D eigenvalue weighted by atomic mass is 16.7. The number of phenolic OH excluding ortho intramolecular Hbond substituents is 1. The third-order valence-corrected chi connectivity index (χ3v) is 3.23. The molecule has 0 radical (unpaired) electrons. The number of quaternary nitrogens is 1. The molecule has 7 nitrogen and oxygen atoms in total. The van der Waals surface area contributed by atoms with Gasteiger partial charge in [0.2, 0.25) is 0 Å². The van der Waals surface area contributed by atoms with E-state index in [0.29, 0.717) is 23.1 Å². The van der Waals surface area contributed by atoms with E-state index in [1.165, 1.54) is 0 Å². The van der Waals surface area contributed by atoms with Crippen molar-refractivity contribution in [2.45, 2.75) is 6.17 Å². The Morgan fingerprint density at radius 1 is 1.43 bits per heavy atom. The molecular formula is C14H17N4O3+. The van der Waals surface area contributed by atoms with E-state index in [4.69, 9.17) is 9.57 Å². The van der Waals surface area contributed by atoms with E-state index in [2.05, 4.69) is 15.5 Å². The van der Waals surface area contributed by atoms with Gasteiger partial charge in [0.15, 0.2) is 0 Å². The second kappa shape index (κ2) is 5.94. The zero-order chi connectivity index (χ0) is 14.7. The Balaban J connectivity index is 1.82. The number of anilines is 1. The number of benzene rings is 1. The van der Waals surface area contributed by atoms with Gasteiger partial charge < -0.3 is 15.2 Å². The number of nitrogens with zero attached hydrogens (tertiary/aromatic N) is 2. The molecule has 2 unspecified atom stereocenters. The summed E-state index contributed by atoms with van der Waals surface area (Å²) in [7, 11) is 1.59. The van der Waals surface area contributed by atoms with Crippen LogP contribution in [0.5, 0.6) is 11.5 Å². The van der Waals surface area contributed by atoms with E-state index < -0.39 is 0 Å². The van der Waals surface area contributed by atoms with Crippen molar-refractivity contribution in [2.75, 3.05) is 25.6 Å². The van der Waals surface area contributed by atoms with Crippen LogP contribution in [-0.4, -0.2) is 31.5 Å². The maximum absolute atomic E-state index is 10.00. The predicted molar refractivity (Wildman–Crippen MR) is 76.6 cm³/mol. The molecule has 110 valence electrons. The largest absolute Gasteiger partial charge is 0.506 e. The van der Waals surface area contributed by atoms with Crippen LogP contribution in [0.2, 0.25) is 0 Å². The van der Waals surface area contributed by atoms with Gasteiger partial charge in [-0.25, -0.2) is 4.84 Å². The number of phenols is 1. The lowest BCUT2D eigenvalue weighted by Crippen LogP contribution is -3.10. The maximum Gasteiger partial charge on any atom is 0.253 e. The van der Waals surface area contributed by atoms with Gasteiger partial charge >= 0.3 is 0 Å². The van der Waals surface area contributed by atoms with Gasteiger partial charge in [-0.05, 0) is 6.08 Å². The van der Waals surface area contributed by atoms with Gasteiger partial charge in [0.05, 0.1) is 12.8 Å². The van der Waals surface area contributed by atoms with Crippen LogP contribution >= 0.6 is 0 Å². The third kappa shape index (κ3) is 2.88. The highest BCUT2D eigenvalue weighted by Crippen LogP contribution is 2.38. The first-order valence-electron chi connectivity index (χ1n) is 6.68. The molecule has 0 aromatic heterocycles. The molecule has 1 aromatic carbocycles. The van der Waals surface area contributed by atoms with E-state index in [1.807, 2.05) is 24.4 Å². The molecule has 3 N–H and O–H groups in total. The topological polar surface area (TPSA) is 79.9 Å². The molecule has 0 spiro atoms. The van der Waals surface area contributed by atoms with Crippen LogP contribution in [0.1, 0.15) is 0 Å². The van der Waals surface area contributed by atoms with Crippen molar-refractivity contribution in [3.05, 3.63) is 36.6 Å². The fraction of sp³-hybridized carbons (Fsp3) is 0.286. The predicted octanol–water partition coefficient (Wildman–Crippen LogP) is 1.14. The number of nitrogens with one attached hydrogen (secondary N) is 2. The first-order chi connectivity index (χ1) is 10.3. The van der Waals surface area contributed by atoms with Gasteiger partial charge in [0, 0.05) is 24.8 Å². The van der Waals surface area contributed by atoms with Crippen molar-refractivity contribution >= 4 is 11.4 Å². The molecule has 2 aliphatic rings. The molecular weight excluding hydrogens is 272 g/mol. The number of hydrogen-bond donors (Lipinski definition) is 3. The molecule has 7 heteroatoms. The summed E-state index contributed by atoms with van der Waals surface area (Å²) in [6.07, 6.45) is 7.18. The minimum absolute atomic E-state index is 0.0600. The Kier molecular flexibility index (Phi) is 3.85. The first-order valence-corrected chi connectivity index (χ1v) is 6.68. The summed E-state index contributed by atoms with van der Waals surface area (Å²) >= 11 is 0. The van der Waals surface area contributed by atoms with Crippen molar-refractivity contribution in [2.24, 2.45) is 10.2 Å². The summed E-state index contributed by atoms with van der Waals surface area (Å²) in [6.45, 7) is 1.31. The smallest absolute Gasteiger partial charge is 0.253 e. The van der Waals surface area contributed by atoms with Crippen LogP contribution in [-0.2, 0) is 4.84 Å². The summed E-state index contributed by atoms with van der Waals surface area (Å²) in [5.41, 5.74) is 1.14. The fourth-order valence-electron chi connectivity index (χ4n) is 2.16. The Labute approximate surface area is 122 Å². The standard InChI is InChI=1S/C14H16N4O3/c1-20-18-6-3-2-4-14(18)17-16-10-9-13-11(8-12(10)19)15-5-7-21-13/h2-4,6,8-9,14-15,19H,5,7H2,1H3/p+1. The van der Waals surface area contributed by atoms with Gasteiger partial charge in [0.1, 0.15) is 30.0 Å². The summed E-state index contributed by atoms with van der Waals surface area (Å²) in [6, 6.07) is 3.27. The monoisotopic (exact) mass is 289 g/mol. The van der Waals surface area contributed by atoms with Crippen LogP contribution in [0.3, 0.4) is 0 Å². The SMILES string of the molecule is CO[NH+]1C=CC=CC1N=Nc1cc2c(cc1O)NCCO2. The lowest BCUT2D eigenvalue weighted by molar-refractivity contribution is -1.06. The molecule has 0 saturated heterocycles. The molecule has 2 heterocycles. The number of hydrogen-bond acceptors (Lipinski definition) is 6. The molecule has 0 aliphatic carbocycles. The Morgan fingerprint density at radius 3 is 3.19 bits per heavy atom. The first kappa shape index (κ1) is 13.6. The minimum atomic E-state index is -0.283. The Bertz CT molecular complexity index is 612. The van der Waals surface area contributed by atoms with E-state index in [9.17, 15) is 5.11 Å². The fourth-order valence-corrected chi connectivity index (χ4v) is 2.16. The van der Waals surface area contributed by atoms with Crippen molar-refractivity contribution in [3.8, 4) is 11.5 Å². The summed E-state index contributed by atoms with van der Waals surface area (Å²) in [5.74, 6) is 0.729. The van der Waals surface area contributed by atoms with Crippen LogP contribution in [0.4, 0.5) is 11.4 Å². The number of rotatable bonds is 3. The Hall–Kier alpha value is -2.38. The van der Waals surface area contributed by atoms with Crippen molar-refractivity contribution in [3.63, 3.8) is 0 Å². The van der Waals surface area contributed by atoms with E-state index in [-0.39, 0.29) is 11.9 Å². The van der Waals surface area contributed by atoms with Crippen molar-refractivity contribution < 1.29 is 19.7 Å². The van der Waals surface area contributed by atoms with E-state index in [0.717, 1.165) is 12.2 Å². The molecule has 21 heavy (non-hydrogen) atoms. The molecule has 1 aromatic rings. The van der Waals surface area contributed by atoms with Crippen LogP contribution in [0.15, 0.2) is 46.8 Å². The third-order valence-electron chi connectivity index (χ3n) is 3.23. The van der Waals surface area contributed by atoms with Crippen LogP contribution in [0.25, 0.3) is 0 Å². The van der Waals surface area contributed by atoms with Gasteiger partial charge in [-0.15, -0.1) is 15.3 Å². The van der Waals surface area contributed by atoms with E-state index >= 15 is 0 Å². The Morgan fingerprint density at radius 2 is 2.33 bits per heavy atom. The zero-order valence-electron chi connectivity index (χ0n) is 11.6. The molecule has 0 amide bonds. The number of fused-ring (bicyclic) bond motifs is 1. The van der Waals surface area contributed by atoms with Crippen LogP contribution < -0.4 is 15.1 Å². The quantitative estimate of drug-likeness (QED) is 0.729. The average Bonchev–Trinajstić information content (AvgIpc) is 2.53. The second-order valence-corrected chi connectivity index (χ2v) is 4.62. The number of aromatic hydroxyl groups is 1. The molecule has 2 atom stereocenters. The number of hydroxylamine groups is 2. The summed E-state index contributed by atoms with van der Waals surface area (Å²) < 4.78 is 5.52. The van der Waals surface area contributed by atoms with Crippen molar-refractivity contribution in [1.82, 2.24) is 0 Å². The lowest BCUT2D eigenvalue weighted by Gasteiger charge is -2.19. The lowest BCUT2D eigenvalue weighted by atomic mass is 10.2. The summed E-state index contributed by atoms with van der Waals surface area (Å²) in [4.78, 5) is 5.24. The number of azo groups is 1. The second-order valence-electron chi connectivity index (χ2n) is 4.62. The average molecular weight is 289 g/mol. The molecule has 2 aliphatic heterocycles. The number of allylic oxidation sites excluding steroid dienone is 2. The highest BCUT2D eigenvalue weighted by Gasteiger charge is 2.20. The maximum atomic E-state index is 10.00. The zero-order valence-corrected chi connectivity index (χ0v) is 11.6. The van der Waals surface area contributed by atoms with Gasteiger partial charge in [-0.3, -0.25) is 0 Å². The van der Waals surface area contributed by atoms with Gasteiger partial charge in [0.25, 0.3) is 6.17 Å². The van der Waals surface area contributed by atoms with Crippen LogP contribution in [0, 0.1) is 0 Å². The molecule has 0 fully saturated rings. The van der Waals surface area contributed by atoms with E-state index in [1.54, 1.807) is 19.2 Å². The van der Waals surface area contributed by atoms with Gasteiger partial charge in [-0.2, -0.15) is 0 Å². The highest BCUT2D eigenvalue weighted by molar-refractivity contribution is 5.69. The summed E-state index contributed by atoms with van der Waals surface area (Å²) in [5, 5.41) is 22.2. The normalized spacial score (nSPS) is 23.7.